The van der Waals surface area contributed by atoms with Gasteiger partial charge < -0.3 is 0 Å². The highest BCUT2D eigenvalue weighted by Crippen LogP contribution is 2.19. The van der Waals surface area contributed by atoms with E-state index in [1.807, 2.05) is 6.07 Å². The lowest BCUT2D eigenvalue weighted by molar-refractivity contribution is 0.103. The molecule has 1 nitrogen and oxygen atoms in total. The molecule has 2 aromatic carbocycles. The molecule has 2 aromatic rings. The van der Waals surface area contributed by atoms with Crippen LogP contribution in [0.15, 0.2) is 51.4 Å². The van der Waals surface area contributed by atoms with E-state index < -0.39 is 5.82 Å². The molecule has 0 heterocycles. The second-order valence-electron chi connectivity index (χ2n) is 3.50. The molecule has 0 spiro atoms. The first-order valence-electron chi connectivity index (χ1n) is 4.82. The minimum atomic E-state index is -0.433. The van der Waals surface area contributed by atoms with Crippen LogP contribution in [0, 0.1) is 5.82 Å². The third kappa shape index (κ3) is 3.01. The highest BCUT2D eigenvalue weighted by molar-refractivity contribution is 9.10. The van der Waals surface area contributed by atoms with Crippen LogP contribution < -0.4 is 0 Å². The van der Waals surface area contributed by atoms with E-state index in [1.54, 1.807) is 24.3 Å². The van der Waals surface area contributed by atoms with Crippen LogP contribution in [0.2, 0.25) is 0 Å². The Labute approximate surface area is 115 Å². The van der Waals surface area contributed by atoms with E-state index in [2.05, 4.69) is 31.9 Å². The van der Waals surface area contributed by atoms with E-state index in [9.17, 15) is 9.18 Å². The van der Waals surface area contributed by atoms with E-state index in [0.717, 1.165) is 4.47 Å². The zero-order valence-electron chi connectivity index (χ0n) is 8.58. The zero-order valence-corrected chi connectivity index (χ0v) is 11.8. The highest BCUT2D eigenvalue weighted by Gasteiger charge is 2.11. The topological polar surface area (TPSA) is 17.1 Å². The second-order valence-corrected chi connectivity index (χ2v) is 5.33. The van der Waals surface area contributed by atoms with Gasteiger partial charge in [-0.1, -0.05) is 44.0 Å². The maximum absolute atomic E-state index is 13.2. The molecule has 0 aliphatic carbocycles. The Morgan fingerprint density at radius 1 is 0.941 bits per heavy atom. The highest BCUT2D eigenvalue weighted by atomic mass is 79.9. The number of hydrogen-bond acceptors (Lipinski definition) is 1. The molecule has 0 unspecified atom stereocenters. The second kappa shape index (κ2) is 5.10. The molecular weight excluding hydrogens is 351 g/mol. The molecule has 0 atom stereocenters. The van der Waals surface area contributed by atoms with Crippen LogP contribution in [0.3, 0.4) is 0 Å². The predicted octanol–water partition coefficient (Wildman–Crippen LogP) is 4.58. The van der Waals surface area contributed by atoms with Gasteiger partial charge in [-0.05, 0) is 30.3 Å². The van der Waals surface area contributed by atoms with Gasteiger partial charge in [0.15, 0.2) is 5.78 Å². The van der Waals surface area contributed by atoms with Gasteiger partial charge in [-0.15, -0.1) is 0 Å². The summed E-state index contributed by atoms with van der Waals surface area (Å²) in [6.07, 6.45) is 0. The van der Waals surface area contributed by atoms with Crippen molar-refractivity contribution >= 4 is 37.6 Å². The van der Waals surface area contributed by atoms with Gasteiger partial charge in [-0.3, -0.25) is 4.79 Å². The fourth-order valence-electron chi connectivity index (χ4n) is 1.48. The molecular formula is C13H7Br2FO. The third-order valence-corrected chi connectivity index (χ3v) is 3.16. The van der Waals surface area contributed by atoms with Crippen LogP contribution in [-0.4, -0.2) is 5.78 Å². The van der Waals surface area contributed by atoms with Gasteiger partial charge in [0, 0.05) is 20.1 Å². The molecule has 0 aliphatic rings. The first-order valence-corrected chi connectivity index (χ1v) is 6.41. The molecule has 4 heteroatoms. The van der Waals surface area contributed by atoms with Gasteiger partial charge in [0.2, 0.25) is 0 Å². The lowest BCUT2D eigenvalue weighted by Gasteiger charge is -2.03. The van der Waals surface area contributed by atoms with Crippen molar-refractivity contribution in [2.45, 2.75) is 0 Å². The van der Waals surface area contributed by atoms with Crippen LogP contribution in [-0.2, 0) is 0 Å². The molecule has 0 saturated carbocycles. The average molecular weight is 358 g/mol. The Kier molecular flexibility index (Phi) is 3.74. The van der Waals surface area contributed by atoms with E-state index in [0.29, 0.717) is 15.6 Å². The summed E-state index contributed by atoms with van der Waals surface area (Å²) < 4.78 is 14.6. The molecule has 0 N–H and O–H groups in total. The number of halogens is 3. The van der Waals surface area contributed by atoms with Crippen molar-refractivity contribution in [2.75, 3.05) is 0 Å². The van der Waals surface area contributed by atoms with Crippen molar-refractivity contribution < 1.29 is 9.18 Å². The summed E-state index contributed by atoms with van der Waals surface area (Å²) in [4.78, 5) is 12.1. The van der Waals surface area contributed by atoms with Crippen LogP contribution in [0.4, 0.5) is 4.39 Å². The predicted molar refractivity (Wildman–Crippen MR) is 71.7 cm³/mol. The first-order chi connectivity index (χ1) is 8.06. The molecule has 86 valence electrons. The number of hydrogen-bond donors (Lipinski definition) is 0. The molecule has 0 saturated heterocycles. The van der Waals surface area contributed by atoms with E-state index in [4.69, 9.17) is 0 Å². The van der Waals surface area contributed by atoms with Crippen molar-refractivity contribution in [1.29, 1.82) is 0 Å². The standard InChI is InChI=1S/C13H7Br2FO/c14-10-3-1-2-8(4-10)13(17)9-5-11(15)7-12(16)6-9/h1-7H. The molecule has 0 radical (unpaired) electrons. The van der Waals surface area contributed by atoms with Crippen LogP contribution in [0.5, 0.6) is 0 Å². The van der Waals surface area contributed by atoms with E-state index >= 15 is 0 Å². The Hall–Kier alpha value is -1.00. The molecule has 0 aliphatic heterocycles. The number of carbonyl (C=O) groups excluding carboxylic acids is 1. The summed E-state index contributed by atoms with van der Waals surface area (Å²) in [5.41, 5.74) is 0.854. The van der Waals surface area contributed by atoms with E-state index in [1.165, 1.54) is 12.1 Å². The van der Waals surface area contributed by atoms with Crippen LogP contribution in [0.1, 0.15) is 15.9 Å². The van der Waals surface area contributed by atoms with Gasteiger partial charge >= 0.3 is 0 Å². The lowest BCUT2D eigenvalue weighted by atomic mass is 10.0. The average Bonchev–Trinajstić information content (AvgIpc) is 2.26. The summed E-state index contributed by atoms with van der Waals surface area (Å²) >= 11 is 6.46. The van der Waals surface area contributed by atoms with Crippen molar-refractivity contribution in [1.82, 2.24) is 0 Å². The summed E-state index contributed by atoms with van der Waals surface area (Å²) in [7, 11) is 0. The van der Waals surface area contributed by atoms with E-state index in [-0.39, 0.29) is 5.78 Å². The fourth-order valence-corrected chi connectivity index (χ4v) is 2.35. The Morgan fingerprint density at radius 3 is 2.29 bits per heavy atom. The van der Waals surface area contributed by atoms with Gasteiger partial charge in [0.05, 0.1) is 0 Å². The Morgan fingerprint density at radius 2 is 1.65 bits per heavy atom. The molecule has 2 rings (SSSR count). The minimum absolute atomic E-state index is 0.202. The van der Waals surface area contributed by atoms with Crippen LogP contribution >= 0.6 is 31.9 Å². The first kappa shape index (κ1) is 12.5. The summed E-state index contributed by atoms with van der Waals surface area (Å²) in [5.74, 6) is -0.635. The lowest BCUT2D eigenvalue weighted by Crippen LogP contribution is -2.01. The summed E-state index contributed by atoms with van der Waals surface area (Å²) in [6.45, 7) is 0. The largest absolute Gasteiger partial charge is 0.289 e. The van der Waals surface area contributed by atoms with Crippen molar-refractivity contribution in [2.24, 2.45) is 0 Å². The number of ketones is 1. The maximum Gasteiger partial charge on any atom is 0.193 e. The normalized spacial score (nSPS) is 10.3. The minimum Gasteiger partial charge on any atom is -0.289 e. The molecule has 0 amide bonds. The maximum atomic E-state index is 13.2. The van der Waals surface area contributed by atoms with Crippen molar-refractivity contribution in [3.63, 3.8) is 0 Å². The third-order valence-electron chi connectivity index (χ3n) is 2.21. The number of benzene rings is 2. The summed E-state index contributed by atoms with van der Waals surface area (Å²) in [6, 6.07) is 11.2. The molecule has 0 bridgehead atoms. The van der Waals surface area contributed by atoms with Gasteiger partial charge in [0.25, 0.3) is 0 Å². The molecule has 17 heavy (non-hydrogen) atoms. The molecule has 0 aromatic heterocycles. The van der Waals surface area contributed by atoms with Crippen molar-refractivity contribution in [3.8, 4) is 0 Å². The number of carbonyl (C=O) groups is 1. The smallest absolute Gasteiger partial charge is 0.193 e. The Bertz CT molecular complexity index is 561. The van der Waals surface area contributed by atoms with Gasteiger partial charge in [0.1, 0.15) is 5.82 Å². The van der Waals surface area contributed by atoms with Gasteiger partial charge in [-0.2, -0.15) is 0 Å². The fraction of sp³-hybridized carbons (Fsp3) is 0. The summed E-state index contributed by atoms with van der Waals surface area (Å²) in [5, 5.41) is 0. The quantitative estimate of drug-likeness (QED) is 0.719. The SMILES string of the molecule is O=C(c1cccc(Br)c1)c1cc(F)cc(Br)c1. The number of rotatable bonds is 2. The van der Waals surface area contributed by atoms with Crippen molar-refractivity contribution in [3.05, 3.63) is 68.4 Å². The Balaban J connectivity index is 2.43. The van der Waals surface area contributed by atoms with Gasteiger partial charge in [-0.25, -0.2) is 4.39 Å². The van der Waals surface area contributed by atoms with Crippen LogP contribution in [0.25, 0.3) is 0 Å². The molecule has 0 fully saturated rings. The zero-order chi connectivity index (χ0) is 12.4. The monoisotopic (exact) mass is 356 g/mol.